The highest BCUT2D eigenvalue weighted by atomic mass is 16.5. The van der Waals surface area contributed by atoms with Gasteiger partial charge >= 0.3 is 0 Å². The number of hydrogen-bond donors (Lipinski definition) is 1. The lowest BCUT2D eigenvalue weighted by Crippen LogP contribution is -2.44. The van der Waals surface area contributed by atoms with Crippen molar-refractivity contribution in [2.24, 2.45) is 0 Å². The molecule has 0 saturated carbocycles. The molecule has 0 aromatic heterocycles. The molecule has 0 bridgehead atoms. The van der Waals surface area contributed by atoms with E-state index in [-0.39, 0.29) is 6.10 Å². The van der Waals surface area contributed by atoms with Gasteiger partial charge in [0.25, 0.3) is 0 Å². The zero-order valence-corrected chi connectivity index (χ0v) is 10.4. The van der Waals surface area contributed by atoms with E-state index in [9.17, 15) is 0 Å². The van der Waals surface area contributed by atoms with Crippen LogP contribution in [0.4, 0.5) is 0 Å². The smallest absolute Gasteiger partial charge is 0.0906 e. The fraction of sp³-hybridized carbons (Fsp3) is 0.467. The molecule has 0 unspecified atom stereocenters. The molecule has 1 aromatic rings. The molecule has 17 heavy (non-hydrogen) atoms. The molecule has 1 aliphatic heterocycles. The first-order valence-electron chi connectivity index (χ1n) is 6.36. The van der Waals surface area contributed by atoms with Gasteiger partial charge in [0.1, 0.15) is 0 Å². The molecular formula is C15H21NO. The van der Waals surface area contributed by atoms with Crippen LogP contribution in [-0.4, -0.2) is 18.8 Å². The number of rotatable bonds is 4. The van der Waals surface area contributed by atoms with Crippen molar-refractivity contribution in [1.82, 2.24) is 5.32 Å². The number of benzene rings is 1. The molecule has 2 rings (SSSR count). The fourth-order valence-electron chi connectivity index (χ4n) is 2.37. The minimum absolute atomic E-state index is 0.148. The highest BCUT2D eigenvalue weighted by Gasteiger charge is 2.24. The molecule has 92 valence electrons. The van der Waals surface area contributed by atoms with Gasteiger partial charge in [-0.1, -0.05) is 36.4 Å². The first-order valence-corrected chi connectivity index (χ1v) is 6.36. The maximum Gasteiger partial charge on any atom is 0.0906 e. The van der Waals surface area contributed by atoms with Crippen LogP contribution in [0.1, 0.15) is 31.4 Å². The molecular weight excluding hydrogens is 210 g/mol. The molecule has 1 heterocycles. The minimum Gasteiger partial charge on any atom is -0.373 e. The van der Waals surface area contributed by atoms with Crippen molar-refractivity contribution in [2.45, 2.75) is 38.0 Å². The number of nitrogens with one attached hydrogen (secondary N) is 1. The third-order valence-corrected chi connectivity index (χ3v) is 3.36. The first-order chi connectivity index (χ1) is 8.31. The van der Waals surface area contributed by atoms with Crippen LogP contribution in [0.25, 0.3) is 0 Å². The quantitative estimate of drug-likeness (QED) is 0.804. The molecule has 0 amide bonds. The van der Waals surface area contributed by atoms with Gasteiger partial charge in [-0.15, -0.1) is 6.58 Å². The third-order valence-electron chi connectivity index (χ3n) is 3.36. The van der Waals surface area contributed by atoms with Crippen molar-refractivity contribution in [1.29, 1.82) is 0 Å². The summed E-state index contributed by atoms with van der Waals surface area (Å²) in [6.45, 7) is 6.90. The van der Waals surface area contributed by atoms with Crippen LogP contribution in [0.3, 0.4) is 0 Å². The summed E-state index contributed by atoms with van der Waals surface area (Å²) in [6, 6.07) is 11.3. The second-order valence-corrected chi connectivity index (χ2v) is 4.62. The van der Waals surface area contributed by atoms with Gasteiger partial charge < -0.3 is 10.1 Å². The summed E-state index contributed by atoms with van der Waals surface area (Å²) in [4.78, 5) is 0. The standard InChI is InChI=1S/C15H21NO/c1-3-15-14(10-7-11-17-15)16-12(2)13-8-5-4-6-9-13/h3-6,8-9,12,14-16H,1,7,10-11H2,2H3/t12-,14-,15+/m1/s1. The van der Waals surface area contributed by atoms with E-state index in [4.69, 9.17) is 4.74 Å². The van der Waals surface area contributed by atoms with Crippen LogP contribution < -0.4 is 5.32 Å². The fourth-order valence-corrected chi connectivity index (χ4v) is 2.37. The van der Waals surface area contributed by atoms with Gasteiger partial charge in [0.05, 0.1) is 6.10 Å². The van der Waals surface area contributed by atoms with E-state index in [0.717, 1.165) is 19.4 Å². The lowest BCUT2D eigenvalue weighted by Gasteiger charge is -2.32. The summed E-state index contributed by atoms with van der Waals surface area (Å²) in [6.07, 6.45) is 4.35. The first kappa shape index (κ1) is 12.3. The van der Waals surface area contributed by atoms with Crippen molar-refractivity contribution in [2.75, 3.05) is 6.61 Å². The maximum atomic E-state index is 5.70. The van der Waals surface area contributed by atoms with Gasteiger partial charge in [-0.3, -0.25) is 0 Å². The molecule has 1 aliphatic rings. The Morgan fingerprint density at radius 3 is 2.88 bits per heavy atom. The number of hydrogen-bond acceptors (Lipinski definition) is 2. The SMILES string of the molecule is C=C[C@@H]1OCCC[C@H]1N[C@H](C)c1ccccc1. The van der Waals surface area contributed by atoms with Gasteiger partial charge in [-0.05, 0) is 25.3 Å². The lowest BCUT2D eigenvalue weighted by molar-refractivity contribution is 0.0179. The van der Waals surface area contributed by atoms with Crippen LogP contribution >= 0.6 is 0 Å². The average Bonchev–Trinajstić information content (AvgIpc) is 2.40. The Labute approximate surface area is 104 Å². The summed E-state index contributed by atoms with van der Waals surface area (Å²) < 4.78 is 5.70. The van der Waals surface area contributed by atoms with E-state index >= 15 is 0 Å². The Morgan fingerprint density at radius 2 is 2.18 bits per heavy atom. The normalized spacial score (nSPS) is 26.4. The Hall–Kier alpha value is -1.12. The van der Waals surface area contributed by atoms with Crippen molar-refractivity contribution >= 4 is 0 Å². The van der Waals surface area contributed by atoms with Gasteiger partial charge in [0.2, 0.25) is 0 Å². The second-order valence-electron chi connectivity index (χ2n) is 4.62. The van der Waals surface area contributed by atoms with Crippen molar-refractivity contribution in [3.05, 3.63) is 48.6 Å². The summed E-state index contributed by atoms with van der Waals surface area (Å²) >= 11 is 0. The van der Waals surface area contributed by atoms with E-state index in [1.54, 1.807) is 0 Å². The van der Waals surface area contributed by atoms with Gasteiger partial charge in [-0.2, -0.15) is 0 Å². The van der Waals surface area contributed by atoms with Crippen molar-refractivity contribution in [3.63, 3.8) is 0 Å². The van der Waals surface area contributed by atoms with E-state index in [1.165, 1.54) is 5.56 Å². The zero-order valence-electron chi connectivity index (χ0n) is 10.4. The number of ether oxygens (including phenoxy) is 1. The third kappa shape index (κ3) is 3.18. The van der Waals surface area contributed by atoms with E-state index in [1.807, 2.05) is 12.1 Å². The highest BCUT2D eigenvalue weighted by Crippen LogP contribution is 2.19. The van der Waals surface area contributed by atoms with Crippen LogP contribution in [0.5, 0.6) is 0 Å². The van der Waals surface area contributed by atoms with Crippen LogP contribution in [0, 0.1) is 0 Å². The molecule has 1 aromatic carbocycles. The molecule has 1 fully saturated rings. The Balaban J connectivity index is 1.97. The Morgan fingerprint density at radius 1 is 1.41 bits per heavy atom. The van der Waals surface area contributed by atoms with Gasteiger partial charge in [0, 0.05) is 18.7 Å². The van der Waals surface area contributed by atoms with Crippen molar-refractivity contribution in [3.8, 4) is 0 Å². The molecule has 0 radical (unpaired) electrons. The average molecular weight is 231 g/mol. The molecule has 3 atom stereocenters. The topological polar surface area (TPSA) is 21.3 Å². The van der Waals surface area contributed by atoms with E-state index in [2.05, 4.69) is 43.1 Å². The Bertz CT molecular complexity index is 349. The zero-order chi connectivity index (χ0) is 12.1. The largest absolute Gasteiger partial charge is 0.373 e. The molecule has 0 spiro atoms. The van der Waals surface area contributed by atoms with Crippen molar-refractivity contribution < 1.29 is 4.74 Å². The van der Waals surface area contributed by atoms with Crippen LogP contribution in [-0.2, 0) is 4.74 Å². The van der Waals surface area contributed by atoms with Crippen LogP contribution in [0.15, 0.2) is 43.0 Å². The lowest BCUT2D eigenvalue weighted by atomic mass is 9.99. The van der Waals surface area contributed by atoms with E-state index < -0.39 is 0 Å². The second kappa shape index (κ2) is 5.99. The highest BCUT2D eigenvalue weighted by molar-refractivity contribution is 5.18. The molecule has 0 aliphatic carbocycles. The molecule has 1 saturated heterocycles. The summed E-state index contributed by atoms with van der Waals surface area (Å²) in [7, 11) is 0. The maximum absolute atomic E-state index is 5.70. The summed E-state index contributed by atoms with van der Waals surface area (Å²) in [5.74, 6) is 0. The predicted molar refractivity (Wildman–Crippen MR) is 71.0 cm³/mol. The Kier molecular flexibility index (Phi) is 4.35. The van der Waals surface area contributed by atoms with Crippen LogP contribution in [0.2, 0.25) is 0 Å². The van der Waals surface area contributed by atoms with Gasteiger partial charge in [0.15, 0.2) is 0 Å². The van der Waals surface area contributed by atoms with Gasteiger partial charge in [-0.25, -0.2) is 0 Å². The molecule has 2 nitrogen and oxygen atoms in total. The van der Waals surface area contributed by atoms with E-state index in [0.29, 0.717) is 12.1 Å². The molecule has 2 heteroatoms. The summed E-state index contributed by atoms with van der Waals surface area (Å²) in [5, 5.41) is 3.64. The predicted octanol–water partition coefficient (Wildman–Crippen LogP) is 3.07. The molecule has 1 N–H and O–H groups in total. The monoisotopic (exact) mass is 231 g/mol. The summed E-state index contributed by atoms with van der Waals surface area (Å²) in [5.41, 5.74) is 1.32. The minimum atomic E-state index is 0.148.